The van der Waals surface area contributed by atoms with Crippen molar-refractivity contribution in [1.29, 1.82) is 0 Å². The van der Waals surface area contributed by atoms with Crippen LogP contribution in [-0.2, 0) is 0 Å². The van der Waals surface area contributed by atoms with Crippen LogP contribution in [0.15, 0.2) is 206 Å². The number of halogens is 2. The van der Waals surface area contributed by atoms with Crippen LogP contribution in [0.1, 0.15) is 0 Å². The molecule has 5 heteroatoms. The van der Waals surface area contributed by atoms with Crippen LogP contribution < -0.4 is 25.6 Å². The van der Waals surface area contributed by atoms with Crippen LogP contribution in [-0.4, -0.2) is 12.6 Å². The second-order valence-corrected chi connectivity index (χ2v) is 17.1. The van der Waals surface area contributed by atoms with Crippen LogP contribution >= 0.6 is 0 Å². The van der Waals surface area contributed by atoms with E-state index in [1.165, 1.54) is 45.0 Å². The predicted octanol–water partition coefficient (Wildman–Crippen LogP) is 9.91. The van der Waals surface area contributed by atoms with Crippen molar-refractivity contribution in [3.05, 3.63) is 218 Å². The number of para-hydroxylation sites is 1. The maximum absolute atomic E-state index is 14.3. The van der Waals surface area contributed by atoms with Crippen molar-refractivity contribution in [1.82, 2.24) is 4.57 Å². The lowest BCUT2D eigenvalue weighted by molar-refractivity contribution is 0.627. The van der Waals surface area contributed by atoms with E-state index in [9.17, 15) is 8.78 Å². The summed E-state index contributed by atoms with van der Waals surface area (Å²) in [7, 11) is -2.83. The maximum Gasteiger partial charge on any atom is 0.179 e. The molecule has 0 saturated heterocycles. The van der Waals surface area contributed by atoms with Gasteiger partial charge in [0.1, 0.15) is 11.6 Å². The van der Waals surface area contributed by atoms with Crippen LogP contribution in [0.2, 0.25) is 0 Å². The van der Waals surface area contributed by atoms with Gasteiger partial charge in [0.05, 0.1) is 11.0 Å². The van der Waals surface area contributed by atoms with Gasteiger partial charge in [-0.3, -0.25) is 0 Å². The minimum atomic E-state index is -2.83. The monoisotopic (exact) mass is 704 g/mol. The van der Waals surface area contributed by atoms with Gasteiger partial charge >= 0.3 is 0 Å². The summed E-state index contributed by atoms with van der Waals surface area (Å²) in [6.07, 6.45) is 0. The summed E-state index contributed by atoms with van der Waals surface area (Å²) in [4.78, 5) is 2.15. The molecule has 0 saturated carbocycles. The molecule has 254 valence electrons. The van der Waals surface area contributed by atoms with E-state index in [0.717, 1.165) is 44.6 Å². The summed E-state index contributed by atoms with van der Waals surface area (Å²) in [5, 5.41) is 7.30. The first-order valence-electron chi connectivity index (χ1n) is 17.7. The molecular formula is C48H34F2N2Si. The largest absolute Gasteiger partial charge is 0.310 e. The first-order chi connectivity index (χ1) is 26.1. The Hall–Kier alpha value is -6.56. The lowest BCUT2D eigenvalue weighted by Gasteiger charge is -2.34. The zero-order valence-corrected chi connectivity index (χ0v) is 29.8. The first-order valence-corrected chi connectivity index (χ1v) is 19.7. The molecule has 1 heterocycles. The van der Waals surface area contributed by atoms with Gasteiger partial charge in [0.15, 0.2) is 8.07 Å². The third-order valence-electron chi connectivity index (χ3n) is 10.2. The molecule has 0 atom stereocenters. The molecular weight excluding hydrogens is 671 g/mol. The smallest absolute Gasteiger partial charge is 0.179 e. The average Bonchev–Trinajstić information content (AvgIpc) is 3.54. The SMILES string of the molecule is Fc1ccc(N(c2ccccc2)c2ccc3c(c2)c2cc([Si](c4ccccc4)(c4ccccc4)c4ccccc4)ccc2n3-c2ccc(F)cc2)cc1. The van der Waals surface area contributed by atoms with Crippen molar-refractivity contribution in [3.8, 4) is 5.69 Å². The molecule has 1 aromatic heterocycles. The maximum atomic E-state index is 14.3. The third kappa shape index (κ3) is 5.63. The van der Waals surface area contributed by atoms with Gasteiger partial charge in [-0.25, -0.2) is 8.78 Å². The van der Waals surface area contributed by atoms with Gasteiger partial charge in [-0.2, -0.15) is 0 Å². The highest BCUT2D eigenvalue weighted by atomic mass is 28.3. The standard InChI is InChI=1S/C48H34F2N2Si/c49-35-21-25-38(26-22-35)51(37-13-5-1-6-14-37)40-29-31-47-45(33-40)46-34-44(30-32-48(46)52(47)39-27-23-36(50)24-28-39)53(41-15-7-2-8-16-41,42-17-9-3-10-18-42)43-19-11-4-12-20-43/h1-34H. The highest BCUT2D eigenvalue weighted by Crippen LogP contribution is 2.39. The molecule has 8 aromatic carbocycles. The Labute approximate surface area is 308 Å². The average molecular weight is 705 g/mol. The number of benzene rings is 8. The van der Waals surface area contributed by atoms with Crippen molar-refractivity contribution >= 4 is 67.7 Å². The van der Waals surface area contributed by atoms with Gasteiger partial charge in [-0.1, -0.05) is 121 Å². The van der Waals surface area contributed by atoms with Crippen molar-refractivity contribution in [2.75, 3.05) is 4.90 Å². The Balaban J connectivity index is 1.37. The molecule has 0 fully saturated rings. The lowest BCUT2D eigenvalue weighted by Crippen LogP contribution is -2.74. The van der Waals surface area contributed by atoms with Crippen LogP contribution in [0.4, 0.5) is 25.8 Å². The molecule has 0 aliphatic rings. The molecule has 0 aliphatic heterocycles. The van der Waals surface area contributed by atoms with Gasteiger partial charge in [-0.15, -0.1) is 0 Å². The summed E-state index contributed by atoms with van der Waals surface area (Å²) < 4.78 is 30.7. The third-order valence-corrected chi connectivity index (χ3v) is 15.0. The quantitative estimate of drug-likeness (QED) is 0.113. The Morgan fingerprint density at radius 3 is 1.30 bits per heavy atom. The molecule has 9 rings (SSSR count). The van der Waals surface area contributed by atoms with E-state index in [4.69, 9.17) is 0 Å². The first kappa shape index (κ1) is 32.4. The van der Waals surface area contributed by atoms with Crippen molar-refractivity contribution in [2.45, 2.75) is 0 Å². The van der Waals surface area contributed by atoms with Crippen LogP contribution in [0.25, 0.3) is 27.5 Å². The molecule has 0 spiro atoms. The molecule has 9 aromatic rings. The number of anilines is 3. The minimum Gasteiger partial charge on any atom is -0.310 e. The zero-order chi connectivity index (χ0) is 35.8. The Morgan fingerprint density at radius 2 is 0.774 bits per heavy atom. The number of fused-ring (bicyclic) bond motifs is 3. The number of hydrogen-bond acceptors (Lipinski definition) is 1. The summed E-state index contributed by atoms with van der Waals surface area (Å²) in [6, 6.07) is 69.6. The molecule has 0 radical (unpaired) electrons. The molecule has 2 nitrogen and oxygen atoms in total. The Bertz CT molecular complexity index is 2560. The van der Waals surface area contributed by atoms with Crippen molar-refractivity contribution < 1.29 is 8.78 Å². The Kier molecular flexibility index (Phi) is 8.26. The van der Waals surface area contributed by atoms with Crippen molar-refractivity contribution in [3.63, 3.8) is 0 Å². The molecule has 0 aliphatic carbocycles. The van der Waals surface area contributed by atoms with Gasteiger partial charge in [-0.05, 0) is 106 Å². The zero-order valence-electron chi connectivity index (χ0n) is 28.8. The fraction of sp³-hybridized carbons (Fsp3) is 0. The second kappa shape index (κ2) is 13.5. The minimum absolute atomic E-state index is 0.277. The van der Waals surface area contributed by atoms with E-state index >= 15 is 0 Å². The number of nitrogens with zero attached hydrogens (tertiary/aromatic N) is 2. The summed E-state index contributed by atoms with van der Waals surface area (Å²) in [6.45, 7) is 0. The number of rotatable bonds is 8. The van der Waals surface area contributed by atoms with Gasteiger partial charge in [0.2, 0.25) is 0 Å². The highest BCUT2D eigenvalue weighted by Gasteiger charge is 2.41. The number of aromatic nitrogens is 1. The lowest BCUT2D eigenvalue weighted by atomic mass is 10.1. The van der Waals surface area contributed by atoms with Gasteiger partial charge in [0.25, 0.3) is 0 Å². The van der Waals surface area contributed by atoms with Crippen LogP contribution in [0, 0.1) is 11.6 Å². The topological polar surface area (TPSA) is 8.17 Å². The van der Waals surface area contributed by atoms with E-state index in [2.05, 4.69) is 149 Å². The fourth-order valence-electron chi connectivity index (χ4n) is 7.93. The van der Waals surface area contributed by atoms with Gasteiger partial charge < -0.3 is 9.47 Å². The van der Waals surface area contributed by atoms with E-state index in [-0.39, 0.29) is 11.6 Å². The van der Waals surface area contributed by atoms with E-state index in [1.54, 1.807) is 0 Å². The van der Waals surface area contributed by atoms with E-state index < -0.39 is 8.07 Å². The van der Waals surface area contributed by atoms with Gasteiger partial charge in [0, 0.05) is 33.5 Å². The highest BCUT2D eigenvalue weighted by molar-refractivity contribution is 7.20. The van der Waals surface area contributed by atoms with Crippen LogP contribution in [0.5, 0.6) is 0 Å². The summed E-state index contributed by atoms with van der Waals surface area (Å²) in [5.41, 5.74) is 5.66. The fourth-order valence-corrected chi connectivity index (χ4v) is 12.7. The van der Waals surface area contributed by atoms with E-state index in [1.807, 2.05) is 42.5 Å². The molecule has 0 N–H and O–H groups in total. The molecule has 0 unspecified atom stereocenters. The Morgan fingerprint density at radius 1 is 0.358 bits per heavy atom. The normalized spacial score (nSPS) is 11.6. The van der Waals surface area contributed by atoms with E-state index in [0.29, 0.717) is 0 Å². The molecule has 53 heavy (non-hydrogen) atoms. The van der Waals surface area contributed by atoms with Crippen LogP contribution in [0.3, 0.4) is 0 Å². The molecule has 0 bridgehead atoms. The second-order valence-electron chi connectivity index (χ2n) is 13.2. The summed E-state index contributed by atoms with van der Waals surface area (Å²) in [5.74, 6) is -0.559. The summed E-state index contributed by atoms with van der Waals surface area (Å²) >= 11 is 0. The predicted molar refractivity (Wildman–Crippen MR) is 219 cm³/mol. The molecule has 0 amide bonds. The van der Waals surface area contributed by atoms with Crippen molar-refractivity contribution in [2.24, 2.45) is 0 Å². The number of hydrogen-bond donors (Lipinski definition) is 0.